The SMILES string of the molecule is Cc1cc(CN2CCO[C@H]3[C@H](OCc4cccnc4)CC[C@@H]32)oc1C. The monoisotopic (exact) mass is 342 g/mol. The van der Waals surface area contributed by atoms with Gasteiger partial charge in [0.1, 0.15) is 11.5 Å². The number of morpholine rings is 1. The van der Waals surface area contributed by atoms with Crippen LogP contribution in [0.4, 0.5) is 0 Å². The Morgan fingerprint density at radius 2 is 2.24 bits per heavy atom. The first-order valence-corrected chi connectivity index (χ1v) is 9.13. The Morgan fingerprint density at radius 1 is 1.32 bits per heavy atom. The minimum atomic E-state index is 0.155. The molecule has 2 aromatic heterocycles. The number of nitrogens with zero attached hydrogens (tertiary/aromatic N) is 2. The Morgan fingerprint density at radius 3 is 3.00 bits per heavy atom. The Labute approximate surface area is 148 Å². The molecular weight excluding hydrogens is 316 g/mol. The predicted molar refractivity (Wildman–Crippen MR) is 94.2 cm³/mol. The largest absolute Gasteiger partial charge is 0.465 e. The molecular formula is C20H26N2O3. The second-order valence-corrected chi connectivity index (χ2v) is 7.11. The van der Waals surface area contributed by atoms with Crippen LogP contribution in [-0.2, 0) is 22.6 Å². The zero-order valence-corrected chi connectivity index (χ0v) is 15.0. The van der Waals surface area contributed by atoms with Gasteiger partial charge in [0, 0.05) is 25.0 Å². The highest BCUT2D eigenvalue weighted by Crippen LogP contribution is 2.33. The zero-order valence-electron chi connectivity index (χ0n) is 15.0. The van der Waals surface area contributed by atoms with Gasteiger partial charge < -0.3 is 13.9 Å². The molecule has 2 fully saturated rings. The van der Waals surface area contributed by atoms with Crippen LogP contribution in [-0.4, -0.2) is 41.3 Å². The van der Waals surface area contributed by atoms with Crippen molar-refractivity contribution in [1.29, 1.82) is 0 Å². The number of ether oxygens (including phenoxy) is 2. The van der Waals surface area contributed by atoms with Gasteiger partial charge in [-0.05, 0) is 49.9 Å². The van der Waals surface area contributed by atoms with Crippen LogP contribution in [0.5, 0.6) is 0 Å². The lowest BCUT2D eigenvalue weighted by atomic mass is 10.1. The highest BCUT2D eigenvalue weighted by atomic mass is 16.5. The van der Waals surface area contributed by atoms with E-state index in [9.17, 15) is 0 Å². The average molecular weight is 342 g/mol. The van der Waals surface area contributed by atoms with Crippen molar-refractivity contribution >= 4 is 0 Å². The molecule has 3 atom stereocenters. The fourth-order valence-electron chi connectivity index (χ4n) is 3.98. The quantitative estimate of drug-likeness (QED) is 0.835. The van der Waals surface area contributed by atoms with Crippen LogP contribution < -0.4 is 0 Å². The molecule has 0 bridgehead atoms. The number of fused-ring (bicyclic) bond motifs is 1. The molecule has 0 amide bonds. The predicted octanol–water partition coefficient (Wildman–Crippen LogP) is 3.24. The number of pyridine rings is 1. The molecule has 4 rings (SSSR count). The lowest BCUT2D eigenvalue weighted by Crippen LogP contribution is -2.51. The summed E-state index contributed by atoms with van der Waals surface area (Å²) < 4.78 is 18.1. The van der Waals surface area contributed by atoms with E-state index < -0.39 is 0 Å². The summed E-state index contributed by atoms with van der Waals surface area (Å²) >= 11 is 0. The van der Waals surface area contributed by atoms with Crippen molar-refractivity contribution in [3.63, 3.8) is 0 Å². The van der Waals surface area contributed by atoms with Gasteiger partial charge in [0.2, 0.25) is 0 Å². The Bertz CT molecular complexity index is 681. The summed E-state index contributed by atoms with van der Waals surface area (Å²) in [6.45, 7) is 7.29. The molecule has 2 aliphatic rings. The van der Waals surface area contributed by atoms with Gasteiger partial charge in [-0.3, -0.25) is 9.88 Å². The summed E-state index contributed by atoms with van der Waals surface area (Å²) in [5.41, 5.74) is 2.34. The Balaban J connectivity index is 1.38. The first kappa shape index (κ1) is 16.8. The normalized spacial score (nSPS) is 26.7. The second-order valence-electron chi connectivity index (χ2n) is 7.11. The fraction of sp³-hybridized carbons (Fsp3) is 0.550. The number of aromatic nitrogens is 1. The highest BCUT2D eigenvalue weighted by molar-refractivity contribution is 5.19. The minimum absolute atomic E-state index is 0.155. The van der Waals surface area contributed by atoms with E-state index in [4.69, 9.17) is 13.9 Å². The zero-order chi connectivity index (χ0) is 17.2. The molecule has 1 aliphatic heterocycles. The van der Waals surface area contributed by atoms with Crippen molar-refractivity contribution in [3.05, 3.63) is 53.2 Å². The molecule has 5 heteroatoms. The van der Waals surface area contributed by atoms with Gasteiger partial charge in [-0.2, -0.15) is 0 Å². The van der Waals surface area contributed by atoms with Crippen molar-refractivity contribution in [2.24, 2.45) is 0 Å². The highest BCUT2D eigenvalue weighted by Gasteiger charge is 2.43. The van der Waals surface area contributed by atoms with E-state index in [2.05, 4.69) is 28.9 Å². The number of hydrogen-bond donors (Lipinski definition) is 0. The molecule has 0 radical (unpaired) electrons. The molecule has 25 heavy (non-hydrogen) atoms. The lowest BCUT2D eigenvalue weighted by Gasteiger charge is -2.38. The van der Waals surface area contributed by atoms with E-state index in [1.165, 1.54) is 5.56 Å². The van der Waals surface area contributed by atoms with E-state index in [1.54, 1.807) is 6.20 Å². The molecule has 0 N–H and O–H groups in total. The first-order valence-electron chi connectivity index (χ1n) is 9.13. The molecule has 134 valence electrons. The van der Waals surface area contributed by atoms with Crippen LogP contribution in [0.2, 0.25) is 0 Å². The van der Waals surface area contributed by atoms with E-state index in [1.807, 2.05) is 19.2 Å². The molecule has 0 aromatic carbocycles. The molecule has 5 nitrogen and oxygen atoms in total. The van der Waals surface area contributed by atoms with Crippen molar-refractivity contribution in [2.75, 3.05) is 13.2 Å². The maximum atomic E-state index is 6.17. The minimum Gasteiger partial charge on any atom is -0.465 e. The van der Waals surface area contributed by atoms with Crippen molar-refractivity contribution in [2.45, 2.75) is 58.1 Å². The fourth-order valence-corrected chi connectivity index (χ4v) is 3.98. The Kier molecular flexibility index (Phi) is 4.88. The Hall–Kier alpha value is -1.69. The van der Waals surface area contributed by atoms with E-state index in [0.29, 0.717) is 12.6 Å². The third kappa shape index (κ3) is 3.64. The van der Waals surface area contributed by atoms with Crippen molar-refractivity contribution < 1.29 is 13.9 Å². The molecule has 1 saturated heterocycles. The summed E-state index contributed by atoms with van der Waals surface area (Å²) in [5, 5.41) is 0. The van der Waals surface area contributed by atoms with Crippen molar-refractivity contribution in [3.8, 4) is 0 Å². The van der Waals surface area contributed by atoms with Gasteiger partial charge in [-0.25, -0.2) is 0 Å². The molecule has 0 spiro atoms. The number of furan rings is 1. The van der Waals surface area contributed by atoms with Gasteiger partial charge in [-0.1, -0.05) is 6.07 Å². The lowest BCUT2D eigenvalue weighted by molar-refractivity contribution is -0.119. The van der Waals surface area contributed by atoms with Crippen LogP contribution in [0.3, 0.4) is 0 Å². The van der Waals surface area contributed by atoms with E-state index in [0.717, 1.165) is 49.6 Å². The topological polar surface area (TPSA) is 47.7 Å². The molecule has 2 aromatic rings. The average Bonchev–Trinajstić information content (AvgIpc) is 3.18. The van der Waals surface area contributed by atoms with Gasteiger partial charge >= 0.3 is 0 Å². The summed E-state index contributed by atoms with van der Waals surface area (Å²) in [6.07, 6.45) is 6.12. The molecule has 1 saturated carbocycles. The van der Waals surface area contributed by atoms with Gasteiger partial charge in [0.15, 0.2) is 0 Å². The second kappa shape index (κ2) is 7.28. The van der Waals surface area contributed by atoms with Crippen LogP contribution in [0.1, 0.15) is 35.5 Å². The number of rotatable bonds is 5. The van der Waals surface area contributed by atoms with Gasteiger partial charge in [-0.15, -0.1) is 0 Å². The summed E-state index contributed by atoms with van der Waals surface area (Å²) in [5.74, 6) is 2.07. The summed E-state index contributed by atoms with van der Waals surface area (Å²) in [7, 11) is 0. The van der Waals surface area contributed by atoms with Crippen LogP contribution in [0.15, 0.2) is 35.0 Å². The van der Waals surface area contributed by atoms with Gasteiger partial charge in [0.05, 0.1) is 32.0 Å². The number of aryl methyl sites for hydroxylation is 2. The van der Waals surface area contributed by atoms with E-state index >= 15 is 0 Å². The van der Waals surface area contributed by atoms with Gasteiger partial charge in [0.25, 0.3) is 0 Å². The van der Waals surface area contributed by atoms with Crippen molar-refractivity contribution in [1.82, 2.24) is 9.88 Å². The van der Waals surface area contributed by atoms with E-state index in [-0.39, 0.29) is 12.2 Å². The first-order chi connectivity index (χ1) is 12.2. The molecule has 0 unspecified atom stereocenters. The van der Waals surface area contributed by atoms with Crippen LogP contribution >= 0.6 is 0 Å². The van der Waals surface area contributed by atoms with Crippen LogP contribution in [0.25, 0.3) is 0 Å². The maximum absolute atomic E-state index is 6.17. The third-order valence-corrected chi connectivity index (χ3v) is 5.41. The third-order valence-electron chi connectivity index (χ3n) is 5.41. The summed E-state index contributed by atoms with van der Waals surface area (Å²) in [4.78, 5) is 6.65. The smallest absolute Gasteiger partial charge is 0.118 e. The number of hydrogen-bond acceptors (Lipinski definition) is 5. The summed E-state index contributed by atoms with van der Waals surface area (Å²) in [6, 6.07) is 6.57. The molecule has 3 heterocycles. The maximum Gasteiger partial charge on any atom is 0.118 e. The molecule has 1 aliphatic carbocycles. The van der Waals surface area contributed by atoms with Crippen LogP contribution in [0, 0.1) is 13.8 Å². The standard InChI is InChI=1S/C20H26N2O3/c1-14-10-17(25-15(14)2)12-22-8-9-23-20-18(22)5-6-19(20)24-13-16-4-3-7-21-11-16/h3-4,7,10-11,18-20H,5-6,8-9,12-13H2,1-2H3/t18-,19+,20+/m0/s1.